The molecule has 1 N–H and O–H groups in total. The maximum absolute atomic E-state index is 6.30. The van der Waals surface area contributed by atoms with Gasteiger partial charge in [0, 0.05) is 17.6 Å². The summed E-state index contributed by atoms with van der Waals surface area (Å²) in [6.45, 7) is 0.889. The number of rotatable bonds is 3. The van der Waals surface area contributed by atoms with Gasteiger partial charge in [0.15, 0.2) is 0 Å². The zero-order valence-corrected chi connectivity index (χ0v) is 14.2. The third-order valence-corrected chi connectivity index (χ3v) is 5.69. The van der Waals surface area contributed by atoms with Gasteiger partial charge in [0.2, 0.25) is 0 Å². The van der Waals surface area contributed by atoms with E-state index in [-0.39, 0.29) is 0 Å². The van der Waals surface area contributed by atoms with Gasteiger partial charge in [0.1, 0.15) is 5.01 Å². The van der Waals surface area contributed by atoms with Crippen LogP contribution in [-0.4, -0.2) is 17.6 Å². The van der Waals surface area contributed by atoms with Gasteiger partial charge < -0.3 is 5.32 Å². The van der Waals surface area contributed by atoms with E-state index in [2.05, 4.69) is 35.7 Å². The summed E-state index contributed by atoms with van der Waals surface area (Å²) in [4.78, 5) is 4.79. The first-order chi connectivity index (χ1) is 11.3. The molecule has 4 heteroatoms. The Morgan fingerprint density at radius 3 is 2.83 bits per heavy atom. The van der Waals surface area contributed by atoms with Crippen molar-refractivity contribution in [2.45, 2.75) is 18.9 Å². The Hall–Kier alpha value is -1.68. The van der Waals surface area contributed by atoms with Gasteiger partial charge in [-0.2, -0.15) is 0 Å². The average molecular weight is 341 g/mol. The summed E-state index contributed by atoms with van der Waals surface area (Å²) in [7, 11) is 0. The second-order valence-corrected chi connectivity index (χ2v) is 7.26. The van der Waals surface area contributed by atoms with Crippen LogP contribution in [0.4, 0.5) is 0 Å². The first-order valence-electron chi connectivity index (χ1n) is 7.81. The summed E-state index contributed by atoms with van der Waals surface area (Å²) in [5.74, 6) is 0. The second kappa shape index (κ2) is 6.44. The fourth-order valence-electron chi connectivity index (χ4n) is 3.03. The van der Waals surface area contributed by atoms with Crippen molar-refractivity contribution in [1.82, 2.24) is 10.3 Å². The predicted octanol–water partition coefficient (Wildman–Crippen LogP) is 4.94. The number of halogens is 1. The Morgan fingerprint density at radius 2 is 1.96 bits per heavy atom. The van der Waals surface area contributed by atoms with E-state index in [0.717, 1.165) is 34.9 Å². The fourth-order valence-corrected chi connectivity index (χ4v) is 4.26. The van der Waals surface area contributed by atoms with E-state index in [1.807, 2.05) is 24.3 Å². The summed E-state index contributed by atoms with van der Waals surface area (Å²) < 4.78 is 1.25. The lowest BCUT2D eigenvalue weighted by Crippen LogP contribution is -2.34. The third-order valence-electron chi connectivity index (χ3n) is 4.21. The second-order valence-electron chi connectivity index (χ2n) is 5.82. The van der Waals surface area contributed by atoms with Crippen LogP contribution in [0.5, 0.6) is 0 Å². The van der Waals surface area contributed by atoms with Crippen LogP contribution in [0.3, 0.4) is 0 Å². The summed E-state index contributed by atoms with van der Waals surface area (Å²) in [5.41, 5.74) is 3.65. The summed E-state index contributed by atoms with van der Waals surface area (Å²) in [5, 5.41) is 5.57. The van der Waals surface area contributed by atoms with Gasteiger partial charge in [0.25, 0.3) is 0 Å². The molecule has 0 fully saturated rings. The topological polar surface area (TPSA) is 24.9 Å². The molecule has 2 heterocycles. The van der Waals surface area contributed by atoms with E-state index in [0.29, 0.717) is 6.04 Å². The van der Waals surface area contributed by atoms with Crippen molar-refractivity contribution in [2.24, 2.45) is 0 Å². The SMILES string of the molecule is Clc1ccccc1CC1CC(c2nc3ccccc3s2)=CCN1. The first kappa shape index (κ1) is 14.9. The minimum atomic E-state index is 0.405. The molecule has 0 radical (unpaired) electrons. The molecule has 0 amide bonds. The molecule has 0 bridgehead atoms. The molecular weight excluding hydrogens is 324 g/mol. The highest BCUT2D eigenvalue weighted by Gasteiger charge is 2.19. The van der Waals surface area contributed by atoms with Gasteiger partial charge >= 0.3 is 0 Å². The van der Waals surface area contributed by atoms with Crippen LogP contribution in [0.25, 0.3) is 15.8 Å². The number of thiazole rings is 1. The Morgan fingerprint density at radius 1 is 1.13 bits per heavy atom. The highest BCUT2D eigenvalue weighted by atomic mass is 35.5. The molecule has 3 aromatic rings. The van der Waals surface area contributed by atoms with E-state index < -0.39 is 0 Å². The van der Waals surface area contributed by atoms with Crippen LogP contribution in [-0.2, 0) is 6.42 Å². The predicted molar refractivity (Wildman–Crippen MR) is 99.2 cm³/mol. The van der Waals surface area contributed by atoms with Gasteiger partial charge in [-0.05, 0) is 42.2 Å². The van der Waals surface area contributed by atoms with Crippen molar-refractivity contribution < 1.29 is 0 Å². The molecule has 2 aromatic carbocycles. The number of benzene rings is 2. The van der Waals surface area contributed by atoms with Crippen LogP contribution in [0.1, 0.15) is 17.0 Å². The van der Waals surface area contributed by atoms with E-state index in [1.165, 1.54) is 15.8 Å². The Balaban J connectivity index is 1.55. The van der Waals surface area contributed by atoms with Crippen LogP contribution < -0.4 is 5.32 Å². The lowest BCUT2D eigenvalue weighted by Gasteiger charge is -2.24. The van der Waals surface area contributed by atoms with Crippen LogP contribution in [0, 0.1) is 0 Å². The number of hydrogen-bond acceptors (Lipinski definition) is 3. The number of nitrogens with one attached hydrogen (secondary N) is 1. The highest BCUT2D eigenvalue weighted by Crippen LogP contribution is 2.31. The maximum Gasteiger partial charge on any atom is 0.120 e. The Labute approximate surface area is 144 Å². The van der Waals surface area contributed by atoms with Gasteiger partial charge in [-0.3, -0.25) is 0 Å². The number of hydrogen-bond donors (Lipinski definition) is 1. The number of aromatic nitrogens is 1. The van der Waals surface area contributed by atoms with Crippen molar-refractivity contribution in [2.75, 3.05) is 6.54 Å². The summed E-state index contributed by atoms with van der Waals surface area (Å²) in [6, 6.07) is 16.8. The molecule has 0 spiro atoms. The molecule has 1 atom stereocenters. The molecule has 1 aromatic heterocycles. The highest BCUT2D eigenvalue weighted by molar-refractivity contribution is 7.19. The standard InChI is InChI=1S/C19H17ClN2S/c20-16-6-2-1-5-13(16)11-15-12-14(9-10-21-15)19-22-17-7-3-4-8-18(17)23-19/h1-9,15,21H,10-12H2. The molecule has 0 saturated carbocycles. The number of para-hydroxylation sites is 1. The van der Waals surface area contributed by atoms with Crippen molar-refractivity contribution in [3.05, 3.63) is 70.2 Å². The molecule has 0 aliphatic carbocycles. The fraction of sp³-hybridized carbons (Fsp3) is 0.211. The van der Waals surface area contributed by atoms with E-state index in [1.54, 1.807) is 11.3 Å². The van der Waals surface area contributed by atoms with Crippen LogP contribution in [0.15, 0.2) is 54.6 Å². The third kappa shape index (κ3) is 3.18. The van der Waals surface area contributed by atoms with Gasteiger partial charge in [-0.15, -0.1) is 11.3 Å². The number of fused-ring (bicyclic) bond motifs is 1. The first-order valence-corrected chi connectivity index (χ1v) is 9.01. The normalized spacial score (nSPS) is 18.1. The molecule has 1 aliphatic heterocycles. The van der Waals surface area contributed by atoms with E-state index in [4.69, 9.17) is 16.6 Å². The summed E-state index contributed by atoms with van der Waals surface area (Å²) in [6.07, 6.45) is 4.20. The lowest BCUT2D eigenvalue weighted by atomic mass is 9.96. The number of nitrogens with zero attached hydrogens (tertiary/aromatic N) is 1. The lowest BCUT2D eigenvalue weighted by molar-refractivity contribution is 0.533. The van der Waals surface area contributed by atoms with Crippen molar-refractivity contribution >= 4 is 38.7 Å². The monoisotopic (exact) mass is 340 g/mol. The van der Waals surface area contributed by atoms with Crippen LogP contribution >= 0.6 is 22.9 Å². The minimum Gasteiger partial charge on any atom is -0.310 e. The molecular formula is C19H17ClN2S. The van der Waals surface area contributed by atoms with Gasteiger partial charge in [-0.25, -0.2) is 4.98 Å². The Bertz CT molecular complexity index is 835. The molecule has 2 nitrogen and oxygen atoms in total. The van der Waals surface area contributed by atoms with Gasteiger partial charge in [-0.1, -0.05) is 48.0 Å². The molecule has 1 unspecified atom stereocenters. The van der Waals surface area contributed by atoms with Crippen molar-refractivity contribution in [3.8, 4) is 0 Å². The minimum absolute atomic E-state index is 0.405. The van der Waals surface area contributed by atoms with Crippen molar-refractivity contribution in [3.63, 3.8) is 0 Å². The average Bonchev–Trinajstić information content (AvgIpc) is 3.01. The maximum atomic E-state index is 6.30. The molecule has 0 saturated heterocycles. The zero-order chi connectivity index (χ0) is 15.6. The molecule has 4 rings (SSSR count). The molecule has 1 aliphatic rings. The van der Waals surface area contributed by atoms with Crippen molar-refractivity contribution in [1.29, 1.82) is 0 Å². The zero-order valence-electron chi connectivity index (χ0n) is 12.6. The van der Waals surface area contributed by atoms with E-state index in [9.17, 15) is 0 Å². The molecule has 116 valence electrons. The largest absolute Gasteiger partial charge is 0.310 e. The van der Waals surface area contributed by atoms with Gasteiger partial charge in [0.05, 0.1) is 10.2 Å². The Kier molecular flexibility index (Phi) is 4.17. The van der Waals surface area contributed by atoms with E-state index >= 15 is 0 Å². The van der Waals surface area contributed by atoms with Crippen LogP contribution in [0.2, 0.25) is 5.02 Å². The molecule has 23 heavy (non-hydrogen) atoms. The smallest absolute Gasteiger partial charge is 0.120 e. The summed E-state index contributed by atoms with van der Waals surface area (Å²) >= 11 is 8.08. The quantitative estimate of drug-likeness (QED) is 0.730.